The summed E-state index contributed by atoms with van der Waals surface area (Å²) in [5, 5.41) is 14.5. The summed E-state index contributed by atoms with van der Waals surface area (Å²) in [7, 11) is 0. The molecular weight excluding hydrogens is 485 g/mol. The molecule has 0 fully saturated rings. The van der Waals surface area contributed by atoms with Crippen LogP contribution in [-0.4, -0.2) is 70.0 Å². The van der Waals surface area contributed by atoms with Gasteiger partial charge in [0.1, 0.15) is 17.8 Å². The lowest BCUT2D eigenvalue weighted by Crippen LogP contribution is -2.44. The Morgan fingerprint density at radius 3 is 2.55 bits per heavy atom. The predicted octanol–water partition coefficient (Wildman–Crippen LogP) is 2.66. The van der Waals surface area contributed by atoms with Gasteiger partial charge in [0.05, 0.1) is 6.54 Å². The molecule has 0 saturated heterocycles. The van der Waals surface area contributed by atoms with Crippen LogP contribution in [0.25, 0.3) is 0 Å². The fourth-order valence-corrected chi connectivity index (χ4v) is 2.55. The van der Waals surface area contributed by atoms with Crippen molar-refractivity contribution in [1.29, 1.82) is 0 Å². The molecule has 0 aliphatic rings. The lowest BCUT2D eigenvalue weighted by atomic mass is 10.2. The van der Waals surface area contributed by atoms with Gasteiger partial charge in [-0.2, -0.15) is 0 Å². The third-order valence-electron chi connectivity index (χ3n) is 3.79. The number of hydrogen-bond acceptors (Lipinski definition) is 5. The first-order chi connectivity index (χ1) is 13.3. The first-order valence-electron chi connectivity index (χ1n) is 10.2. The zero-order valence-electron chi connectivity index (χ0n) is 18.7. The van der Waals surface area contributed by atoms with Gasteiger partial charge in [0, 0.05) is 39.1 Å². The number of ether oxygens (including phenoxy) is 1. The third-order valence-corrected chi connectivity index (χ3v) is 3.79. The van der Waals surface area contributed by atoms with E-state index in [-0.39, 0.29) is 30.1 Å². The van der Waals surface area contributed by atoms with Crippen LogP contribution >= 0.6 is 24.0 Å². The van der Waals surface area contributed by atoms with Crippen LogP contribution in [0.2, 0.25) is 0 Å². The molecule has 1 rings (SSSR count). The number of guanidine groups is 1. The molecule has 1 aromatic rings. The molecule has 29 heavy (non-hydrogen) atoms. The van der Waals surface area contributed by atoms with Gasteiger partial charge in [-0.15, -0.1) is 34.2 Å². The second-order valence-corrected chi connectivity index (χ2v) is 7.45. The van der Waals surface area contributed by atoms with Gasteiger partial charge in [-0.25, -0.2) is 4.79 Å². The normalized spacial score (nSPS) is 11.6. The minimum Gasteiger partial charge on any atom is -0.444 e. The number of carbonyl (C=O) groups excluding carboxylic acids is 1. The zero-order valence-corrected chi connectivity index (χ0v) is 21.0. The number of rotatable bonds is 10. The van der Waals surface area contributed by atoms with Gasteiger partial charge in [-0.1, -0.05) is 13.8 Å². The van der Waals surface area contributed by atoms with Gasteiger partial charge in [0.15, 0.2) is 5.96 Å². The molecule has 1 aromatic heterocycles. The van der Waals surface area contributed by atoms with E-state index in [1.54, 1.807) is 11.2 Å². The maximum absolute atomic E-state index is 12.3. The lowest BCUT2D eigenvalue weighted by molar-refractivity contribution is 0.0253. The van der Waals surface area contributed by atoms with E-state index < -0.39 is 5.60 Å². The van der Waals surface area contributed by atoms with E-state index in [2.05, 4.69) is 32.7 Å². The minimum atomic E-state index is -0.494. The summed E-state index contributed by atoms with van der Waals surface area (Å²) in [4.78, 5) is 18.7. The SMILES string of the molecule is CCCN(CCNC(=NCCn1cnnc1CC)NCC)C(=O)OC(C)(C)C.I. The molecule has 0 unspecified atom stereocenters. The largest absolute Gasteiger partial charge is 0.444 e. The zero-order chi connectivity index (χ0) is 21.0. The van der Waals surface area contributed by atoms with E-state index in [0.29, 0.717) is 26.2 Å². The molecule has 10 heteroatoms. The molecule has 0 bridgehead atoms. The molecule has 168 valence electrons. The molecule has 1 amide bonds. The molecule has 9 nitrogen and oxygen atoms in total. The standard InChI is InChI=1S/C19H37N7O2.HI/c1-7-12-25(18(27)28-19(4,5)6)13-10-21-17(20-9-3)22-11-14-26-15-23-24-16(26)8-2;/h15H,7-14H2,1-6H3,(H2,20,21,22);1H. The Kier molecular flexibility index (Phi) is 13.6. The van der Waals surface area contributed by atoms with Gasteiger partial charge in [0.25, 0.3) is 0 Å². The molecule has 0 aromatic carbocycles. The number of carbonyl (C=O) groups is 1. The van der Waals surface area contributed by atoms with Crippen molar-refractivity contribution in [1.82, 2.24) is 30.3 Å². The highest BCUT2D eigenvalue weighted by Gasteiger charge is 2.21. The van der Waals surface area contributed by atoms with Crippen molar-refractivity contribution >= 4 is 36.0 Å². The van der Waals surface area contributed by atoms with Crippen molar-refractivity contribution in [2.45, 2.75) is 66.5 Å². The number of aliphatic imine (C=N–C) groups is 1. The van der Waals surface area contributed by atoms with Crippen molar-refractivity contribution in [3.05, 3.63) is 12.2 Å². The number of nitrogens with zero attached hydrogens (tertiary/aromatic N) is 5. The molecular formula is C19H38IN7O2. The first kappa shape index (κ1) is 27.4. The number of aromatic nitrogens is 3. The maximum atomic E-state index is 12.3. The van der Waals surface area contributed by atoms with Crippen LogP contribution in [0, 0.1) is 0 Å². The van der Waals surface area contributed by atoms with Crippen LogP contribution in [0.5, 0.6) is 0 Å². The Morgan fingerprint density at radius 2 is 1.97 bits per heavy atom. The molecule has 0 radical (unpaired) electrons. The van der Waals surface area contributed by atoms with Gasteiger partial charge in [-0.3, -0.25) is 4.99 Å². The molecule has 0 aliphatic heterocycles. The van der Waals surface area contributed by atoms with Crippen LogP contribution in [0.4, 0.5) is 4.79 Å². The van der Waals surface area contributed by atoms with E-state index in [9.17, 15) is 4.79 Å². The highest BCUT2D eigenvalue weighted by molar-refractivity contribution is 14.0. The molecule has 0 aliphatic carbocycles. The summed E-state index contributed by atoms with van der Waals surface area (Å²) in [6.07, 6.45) is 3.18. The Bertz CT molecular complexity index is 614. The lowest BCUT2D eigenvalue weighted by Gasteiger charge is -2.27. The molecule has 0 spiro atoms. The summed E-state index contributed by atoms with van der Waals surface area (Å²) < 4.78 is 7.50. The average molecular weight is 523 g/mol. The quantitative estimate of drug-likeness (QED) is 0.278. The molecule has 1 heterocycles. The van der Waals surface area contributed by atoms with Crippen molar-refractivity contribution in [3.8, 4) is 0 Å². The summed E-state index contributed by atoms with van der Waals surface area (Å²) in [6.45, 7) is 15.7. The van der Waals surface area contributed by atoms with E-state index in [0.717, 1.165) is 37.7 Å². The van der Waals surface area contributed by atoms with Crippen LogP contribution in [0.1, 0.15) is 53.8 Å². The highest BCUT2D eigenvalue weighted by Crippen LogP contribution is 2.10. The van der Waals surface area contributed by atoms with Gasteiger partial charge >= 0.3 is 6.09 Å². The Labute approximate surface area is 192 Å². The number of nitrogens with one attached hydrogen (secondary N) is 2. The summed E-state index contributed by atoms with van der Waals surface area (Å²) >= 11 is 0. The van der Waals surface area contributed by atoms with E-state index in [1.807, 2.05) is 39.2 Å². The van der Waals surface area contributed by atoms with Crippen molar-refractivity contribution in [2.75, 3.05) is 32.7 Å². The van der Waals surface area contributed by atoms with Crippen molar-refractivity contribution < 1.29 is 9.53 Å². The maximum Gasteiger partial charge on any atom is 0.410 e. The van der Waals surface area contributed by atoms with E-state index >= 15 is 0 Å². The van der Waals surface area contributed by atoms with E-state index in [1.165, 1.54) is 0 Å². The Balaban J connectivity index is 0.00000784. The van der Waals surface area contributed by atoms with Crippen LogP contribution in [0.3, 0.4) is 0 Å². The van der Waals surface area contributed by atoms with Crippen LogP contribution < -0.4 is 10.6 Å². The van der Waals surface area contributed by atoms with Gasteiger partial charge in [0.2, 0.25) is 0 Å². The molecule has 2 N–H and O–H groups in total. The van der Waals surface area contributed by atoms with Gasteiger partial charge < -0.3 is 24.8 Å². The Morgan fingerprint density at radius 1 is 1.24 bits per heavy atom. The Hall–Kier alpha value is -1.59. The minimum absolute atomic E-state index is 0. The fourth-order valence-electron chi connectivity index (χ4n) is 2.55. The second kappa shape index (κ2) is 14.4. The number of halogens is 1. The number of hydrogen-bond donors (Lipinski definition) is 2. The first-order valence-corrected chi connectivity index (χ1v) is 10.2. The van der Waals surface area contributed by atoms with Crippen molar-refractivity contribution in [2.24, 2.45) is 4.99 Å². The third kappa shape index (κ3) is 11.2. The van der Waals surface area contributed by atoms with E-state index in [4.69, 9.17) is 4.74 Å². The average Bonchev–Trinajstić information content (AvgIpc) is 3.07. The van der Waals surface area contributed by atoms with Crippen LogP contribution in [0.15, 0.2) is 11.3 Å². The monoisotopic (exact) mass is 523 g/mol. The fraction of sp³-hybridized carbons (Fsp3) is 0.789. The molecule has 0 saturated carbocycles. The number of aryl methyl sites for hydroxylation is 1. The summed E-state index contributed by atoms with van der Waals surface area (Å²) in [6, 6.07) is 0. The number of amides is 1. The second-order valence-electron chi connectivity index (χ2n) is 7.45. The topological polar surface area (TPSA) is 96.7 Å². The molecule has 0 atom stereocenters. The van der Waals surface area contributed by atoms with Crippen LogP contribution in [-0.2, 0) is 17.7 Å². The summed E-state index contributed by atoms with van der Waals surface area (Å²) in [5.41, 5.74) is -0.494. The van der Waals surface area contributed by atoms with Crippen molar-refractivity contribution in [3.63, 3.8) is 0 Å². The summed E-state index contributed by atoms with van der Waals surface area (Å²) in [5.74, 6) is 1.69. The smallest absolute Gasteiger partial charge is 0.410 e. The van der Waals surface area contributed by atoms with Gasteiger partial charge in [-0.05, 0) is 34.1 Å². The highest BCUT2D eigenvalue weighted by atomic mass is 127. The predicted molar refractivity (Wildman–Crippen MR) is 127 cm³/mol.